The Hall–Kier alpha value is -4.74. The number of aromatic nitrogens is 4. The number of fused-ring (bicyclic) bond motifs is 3. The van der Waals surface area contributed by atoms with Crippen LogP contribution in [0.3, 0.4) is 0 Å². The average molecular weight is 933 g/mol. The van der Waals surface area contributed by atoms with E-state index in [9.17, 15) is 0 Å². The maximum absolute atomic E-state index is 5.24. The Morgan fingerprint density at radius 2 is 1.04 bits per heavy atom. The number of aryl methyl sites for hydroxylation is 4. The van der Waals surface area contributed by atoms with Crippen LogP contribution in [0.1, 0.15) is 124 Å². The third kappa shape index (κ3) is 7.80. The van der Waals surface area contributed by atoms with Crippen LogP contribution >= 0.6 is 0 Å². The summed E-state index contributed by atoms with van der Waals surface area (Å²) in [5.41, 5.74) is 17.9. The van der Waals surface area contributed by atoms with Crippen molar-refractivity contribution in [3.05, 3.63) is 166 Å². The molecule has 0 spiro atoms. The van der Waals surface area contributed by atoms with Crippen LogP contribution in [0, 0.1) is 6.33 Å². The molecule has 0 saturated heterocycles. The summed E-state index contributed by atoms with van der Waals surface area (Å²) < 4.78 is 4.86. The van der Waals surface area contributed by atoms with E-state index in [2.05, 4.69) is 179 Å². The van der Waals surface area contributed by atoms with E-state index < -0.39 is 0 Å². The zero-order chi connectivity index (χ0) is 39.1. The fraction of sp³-hybridized carbons (Fsp3) is 0.308. The SMILES string of the molecule is CC(C)c1cccc(C(C)C)c1-n1[c-][n+](-c2c(C(C)C)cccc2C(C)C)c2c3ncc(c21)CCc1ccc(cc1)CC3.[Au].c1ccc2c(c1)[n-]c1ccccc12. The van der Waals surface area contributed by atoms with Crippen LogP contribution in [-0.4, -0.2) is 9.55 Å². The zero-order valence-corrected chi connectivity index (χ0v) is 36.9. The molecule has 0 fully saturated rings. The number of pyridine rings is 1. The molecular weight excluding hydrogens is 878 g/mol. The van der Waals surface area contributed by atoms with Gasteiger partial charge in [-0.1, -0.05) is 165 Å². The van der Waals surface area contributed by atoms with Crippen molar-refractivity contribution < 1.29 is 26.9 Å². The van der Waals surface area contributed by atoms with Crippen LogP contribution in [0.2, 0.25) is 0 Å². The average Bonchev–Trinajstić information content (AvgIpc) is 3.78. The van der Waals surface area contributed by atoms with E-state index in [-0.39, 0.29) is 22.4 Å². The van der Waals surface area contributed by atoms with Gasteiger partial charge in [0.25, 0.3) is 6.33 Å². The van der Waals surface area contributed by atoms with E-state index in [0.717, 1.165) is 42.4 Å². The Morgan fingerprint density at radius 1 is 0.561 bits per heavy atom. The molecule has 0 atom stereocenters. The number of para-hydroxylation sites is 4. The van der Waals surface area contributed by atoms with Gasteiger partial charge < -0.3 is 4.98 Å². The molecule has 4 aliphatic rings. The van der Waals surface area contributed by atoms with Crippen molar-refractivity contribution in [1.82, 2.24) is 14.5 Å². The first-order chi connectivity index (χ1) is 27.1. The molecule has 0 amide bonds. The van der Waals surface area contributed by atoms with Crippen LogP contribution in [-0.2, 0) is 48.1 Å². The summed E-state index contributed by atoms with van der Waals surface area (Å²) in [7, 11) is 0. The van der Waals surface area contributed by atoms with E-state index in [1.165, 1.54) is 72.1 Å². The molecule has 0 unspecified atom stereocenters. The van der Waals surface area contributed by atoms with Crippen molar-refractivity contribution in [1.29, 1.82) is 0 Å². The van der Waals surface area contributed by atoms with E-state index >= 15 is 0 Å². The Labute approximate surface area is 354 Å². The standard InChI is InChI=1S/C40H47N3.C12H8N.Au/c1-25(2)32-11-9-12-33(26(3)4)38(32)42-24-43(39-34(27(5)6)13-10-14-35(39)28(7)8)40-36-22-20-30-17-15-29(16-18-30)19-21-31(23-41-36)37(40)42;1-3-7-11-9(5-1)10-6-2-4-8-12(10)13-11;/h9-18,23,25-28H,19-22H2,1-8H3;1-8H;/q;-1;. The normalized spacial score (nSPS) is 12.8. The van der Waals surface area contributed by atoms with Gasteiger partial charge >= 0.3 is 0 Å². The third-order valence-corrected chi connectivity index (χ3v) is 11.7. The maximum Gasteiger partial charge on any atom is 0.269 e. The molecule has 0 N–H and O–H groups in total. The van der Waals surface area contributed by atoms with Crippen molar-refractivity contribution in [2.45, 2.75) is 105 Å². The van der Waals surface area contributed by atoms with Crippen molar-refractivity contribution in [3.8, 4) is 11.4 Å². The Bertz CT molecular complexity index is 2430. The Kier molecular flexibility index (Phi) is 12.1. The number of nitrogens with zero attached hydrogens (tertiary/aromatic N) is 4. The first-order valence-electron chi connectivity index (χ1n) is 20.7. The van der Waals surface area contributed by atoms with Crippen LogP contribution in [0.4, 0.5) is 0 Å². The summed E-state index contributed by atoms with van der Waals surface area (Å²) >= 11 is 0. The molecule has 12 rings (SSSR count). The van der Waals surface area contributed by atoms with Crippen molar-refractivity contribution in [3.63, 3.8) is 0 Å². The fourth-order valence-corrected chi connectivity index (χ4v) is 8.62. The van der Waals surface area contributed by atoms with Gasteiger partial charge in [-0.05, 0) is 99.1 Å². The molecule has 2 aliphatic heterocycles. The molecule has 4 bridgehead atoms. The van der Waals surface area contributed by atoms with E-state index in [1.807, 2.05) is 12.1 Å². The molecule has 5 aromatic carbocycles. The molecule has 4 nitrogen and oxygen atoms in total. The number of hydrogen-bond donors (Lipinski definition) is 0. The second kappa shape index (κ2) is 17.0. The van der Waals surface area contributed by atoms with Gasteiger partial charge in [-0.3, -0.25) is 14.1 Å². The van der Waals surface area contributed by atoms with Gasteiger partial charge in [0, 0.05) is 28.6 Å². The minimum atomic E-state index is 0. The van der Waals surface area contributed by atoms with Gasteiger partial charge in [-0.2, -0.15) is 0 Å². The van der Waals surface area contributed by atoms with Crippen LogP contribution in [0.25, 0.3) is 44.2 Å². The first kappa shape index (κ1) is 40.5. The Morgan fingerprint density at radius 3 is 1.54 bits per heavy atom. The summed E-state index contributed by atoms with van der Waals surface area (Å²) in [4.78, 5) is 9.75. The van der Waals surface area contributed by atoms with Crippen LogP contribution in [0.5, 0.6) is 0 Å². The summed E-state index contributed by atoms with van der Waals surface area (Å²) in [5.74, 6) is 1.53. The van der Waals surface area contributed by atoms with E-state index in [0.29, 0.717) is 23.7 Å². The summed E-state index contributed by atoms with van der Waals surface area (Å²) in [5, 5.41) is 2.50. The Balaban J connectivity index is 0.000000297. The summed E-state index contributed by atoms with van der Waals surface area (Å²) in [6.07, 6.45) is 9.99. The fourth-order valence-electron chi connectivity index (χ4n) is 8.62. The van der Waals surface area contributed by atoms with Crippen LogP contribution < -0.4 is 9.55 Å². The second-order valence-electron chi connectivity index (χ2n) is 16.8. The predicted molar refractivity (Wildman–Crippen MR) is 234 cm³/mol. The van der Waals surface area contributed by atoms with Crippen molar-refractivity contribution >= 4 is 32.8 Å². The number of imidazole rings is 1. The second-order valence-corrected chi connectivity index (χ2v) is 16.8. The summed E-state index contributed by atoms with van der Waals surface area (Å²) in [6, 6.07) is 39.5. The molecule has 8 aromatic rings. The first-order valence-corrected chi connectivity index (χ1v) is 20.7. The third-order valence-electron chi connectivity index (χ3n) is 11.7. The number of rotatable bonds is 6. The van der Waals surface area contributed by atoms with Gasteiger partial charge in [0.05, 0.1) is 22.6 Å². The smallest absolute Gasteiger partial charge is 0.269 e. The minimum absolute atomic E-state index is 0. The van der Waals surface area contributed by atoms with Gasteiger partial charge in [0.2, 0.25) is 0 Å². The van der Waals surface area contributed by atoms with E-state index in [4.69, 9.17) is 4.98 Å². The monoisotopic (exact) mass is 932 g/mol. The molecule has 3 aromatic heterocycles. The molecule has 5 heteroatoms. The topological polar surface area (TPSA) is 35.8 Å². The van der Waals surface area contributed by atoms with E-state index in [1.54, 1.807) is 0 Å². The quantitative estimate of drug-likeness (QED) is 0.0946. The molecule has 1 radical (unpaired) electrons. The zero-order valence-electron chi connectivity index (χ0n) is 34.7. The molecule has 5 heterocycles. The van der Waals surface area contributed by atoms with Crippen molar-refractivity contribution in [2.24, 2.45) is 0 Å². The molecule has 295 valence electrons. The summed E-state index contributed by atoms with van der Waals surface area (Å²) in [6.45, 7) is 18.5. The van der Waals surface area contributed by atoms with Crippen molar-refractivity contribution in [2.75, 3.05) is 0 Å². The largest absolute Gasteiger partial charge is 0.657 e. The molecule has 2 aliphatic carbocycles. The van der Waals surface area contributed by atoms with Gasteiger partial charge in [-0.15, -0.1) is 11.0 Å². The van der Waals surface area contributed by atoms with Gasteiger partial charge in [0.1, 0.15) is 5.52 Å². The van der Waals surface area contributed by atoms with Crippen LogP contribution in [0.15, 0.2) is 115 Å². The van der Waals surface area contributed by atoms with Gasteiger partial charge in [0.15, 0.2) is 0 Å². The number of hydrogen-bond acceptors (Lipinski definition) is 1. The molecule has 0 saturated carbocycles. The minimum Gasteiger partial charge on any atom is -0.657 e. The number of benzene rings is 5. The van der Waals surface area contributed by atoms with Gasteiger partial charge in [-0.25, -0.2) is 0 Å². The molecule has 57 heavy (non-hydrogen) atoms. The molecular formula is C52H55AuN4-. The predicted octanol–water partition coefficient (Wildman–Crippen LogP) is 12.4. The maximum atomic E-state index is 5.24.